The van der Waals surface area contributed by atoms with Crippen LogP contribution in [0.15, 0.2) is 16.7 Å². The lowest BCUT2D eigenvalue weighted by molar-refractivity contribution is -0.157. The van der Waals surface area contributed by atoms with Crippen LogP contribution < -0.4 is 10.2 Å². The first-order valence-corrected chi connectivity index (χ1v) is 9.51. The number of anilines is 2. The maximum atomic E-state index is 12.6. The number of nitrogens with one attached hydrogen (secondary N) is 1. The van der Waals surface area contributed by atoms with Crippen molar-refractivity contribution < 1.29 is 22.3 Å². The van der Waals surface area contributed by atoms with Gasteiger partial charge in [0.2, 0.25) is 11.8 Å². The fourth-order valence-corrected chi connectivity index (χ4v) is 3.49. The van der Waals surface area contributed by atoms with Gasteiger partial charge in [-0.2, -0.15) is 18.2 Å². The fourth-order valence-electron chi connectivity index (χ4n) is 3.49. The topological polar surface area (TPSA) is 92.4 Å². The van der Waals surface area contributed by atoms with Crippen molar-refractivity contribution in [2.24, 2.45) is 0 Å². The summed E-state index contributed by atoms with van der Waals surface area (Å²) in [6.45, 7) is 4.40. The number of alkyl halides is 3. The van der Waals surface area contributed by atoms with Gasteiger partial charge >= 0.3 is 12.1 Å². The molecule has 158 valence electrons. The van der Waals surface area contributed by atoms with Crippen molar-refractivity contribution >= 4 is 11.8 Å². The van der Waals surface area contributed by atoms with Crippen molar-refractivity contribution in [2.45, 2.75) is 31.6 Å². The summed E-state index contributed by atoms with van der Waals surface area (Å²) in [5, 5.41) is 10.0. The lowest BCUT2D eigenvalue weighted by atomic mass is 10.1. The first-order chi connectivity index (χ1) is 14.0. The average Bonchev–Trinajstić information content (AvgIpc) is 3.18. The van der Waals surface area contributed by atoms with E-state index in [2.05, 4.69) is 30.4 Å². The van der Waals surface area contributed by atoms with Crippen LogP contribution in [0, 0.1) is 0 Å². The summed E-state index contributed by atoms with van der Waals surface area (Å²) in [7, 11) is 0. The maximum Gasteiger partial charge on any atom is 0.470 e. The van der Waals surface area contributed by atoms with E-state index in [4.69, 9.17) is 9.15 Å². The highest BCUT2D eigenvalue weighted by Gasteiger charge is 2.38. The molecule has 1 N–H and O–H groups in total. The minimum absolute atomic E-state index is 0.0328. The van der Waals surface area contributed by atoms with Crippen molar-refractivity contribution in [1.29, 1.82) is 0 Å². The van der Waals surface area contributed by atoms with Gasteiger partial charge in [0.25, 0.3) is 0 Å². The van der Waals surface area contributed by atoms with Crippen molar-refractivity contribution in [3.05, 3.63) is 24.0 Å². The van der Waals surface area contributed by atoms with E-state index >= 15 is 0 Å². The van der Waals surface area contributed by atoms with Gasteiger partial charge in [-0.15, -0.1) is 10.2 Å². The Balaban J connectivity index is 1.34. The lowest BCUT2D eigenvalue weighted by Crippen LogP contribution is -2.42. The highest BCUT2D eigenvalue weighted by molar-refractivity contribution is 5.42. The molecule has 29 heavy (non-hydrogen) atoms. The van der Waals surface area contributed by atoms with Gasteiger partial charge in [0.15, 0.2) is 0 Å². The van der Waals surface area contributed by atoms with Crippen LogP contribution in [-0.2, 0) is 17.5 Å². The van der Waals surface area contributed by atoms with Crippen LogP contribution >= 0.6 is 0 Å². The Morgan fingerprint density at radius 2 is 2.00 bits per heavy atom. The Bertz CT molecular complexity index is 810. The molecule has 12 heteroatoms. The molecule has 4 heterocycles. The molecule has 2 fully saturated rings. The molecule has 1 atom stereocenters. The first-order valence-electron chi connectivity index (χ1n) is 9.51. The molecule has 4 rings (SSSR count). The molecule has 0 aromatic carbocycles. The van der Waals surface area contributed by atoms with Crippen LogP contribution in [0.4, 0.5) is 24.9 Å². The Labute approximate surface area is 165 Å². The number of rotatable bonds is 5. The SMILES string of the molecule is FC(F)(F)c1nnc(CN2CCCC(Nc3ccnc(N4CCOCC4)n3)C2)o1. The van der Waals surface area contributed by atoms with E-state index in [-0.39, 0.29) is 18.5 Å². The number of hydrogen-bond donors (Lipinski definition) is 1. The zero-order valence-corrected chi connectivity index (χ0v) is 15.7. The average molecular weight is 413 g/mol. The summed E-state index contributed by atoms with van der Waals surface area (Å²) in [4.78, 5) is 13.0. The van der Waals surface area contributed by atoms with Crippen molar-refractivity contribution in [2.75, 3.05) is 49.6 Å². The number of hydrogen-bond acceptors (Lipinski definition) is 9. The zero-order chi connectivity index (χ0) is 20.3. The Morgan fingerprint density at radius 1 is 1.17 bits per heavy atom. The predicted molar refractivity (Wildman–Crippen MR) is 96.3 cm³/mol. The molecule has 1 unspecified atom stereocenters. The van der Waals surface area contributed by atoms with Crippen LogP contribution in [0.3, 0.4) is 0 Å². The molecule has 2 aliphatic rings. The Hall–Kier alpha value is -2.47. The molecule has 2 aromatic rings. The van der Waals surface area contributed by atoms with E-state index < -0.39 is 12.1 Å². The number of likely N-dealkylation sites (tertiary alicyclic amines) is 1. The third kappa shape index (κ3) is 5.12. The number of nitrogens with zero attached hydrogens (tertiary/aromatic N) is 6. The highest BCUT2D eigenvalue weighted by Crippen LogP contribution is 2.28. The van der Waals surface area contributed by atoms with E-state index in [0.717, 1.165) is 38.3 Å². The molecule has 0 bridgehead atoms. The van der Waals surface area contributed by atoms with Gasteiger partial charge in [0.1, 0.15) is 5.82 Å². The number of aromatic nitrogens is 4. The third-order valence-corrected chi connectivity index (χ3v) is 4.86. The van der Waals surface area contributed by atoms with Crippen LogP contribution in [0.25, 0.3) is 0 Å². The fraction of sp³-hybridized carbons (Fsp3) is 0.647. The quantitative estimate of drug-likeness (QED) is 0.788. The summed E-state index contributed by atoms with van der Waals surface area (Å²) in [5.41, 5.74) is 0. The summed E-state index contributed by atoms with van der Waals surface area (Å²) in [5.74, 6) is 0.0485. The molecule has 2 aromatic heterocycles. The molecule has 0 amide bonds. The molecule has 0 aliphatic carbocycles. The molecule has 2 aliphatic heterocycles. The minimum Gasteiger partial charge on any atom is -0.416 e. The zero-order valence-electron chi connectivity index (χ0n) is 15.7. The first kappa shape index (κ1) is 19.8. The van der Waals surface area contributed by atoms with E-state index in [9.17, 15) is 13.2 Å². The lowest BCUT2D eigenvalue weighted by Gasteiger charge is -2.32. The van der Waals surface area contributed by atoms with E-state index in [1.54, 1.807) is 6.20 Å². The standard InChI is InChI=1S/C17H22F3N7O2/c18-17(19,20)15-25-24-14(29-15)11-26-5-1-2-12(10-26)22-13-3-4-21-16(23-13)27-6-8-28-9-7-27/h3-4,12H,1-2,5-11H2,(H,21,22,23). The summed E-state index contributed by atoms with van der Waals surface area (Å²) >= 11 is 0. The number of halogens is 3. The second-order valence-corrected chi connectivity index (χ2v) is 7.06. The van der Waals surface area contributed by atoms with Gasteiger partial charge in [-0.05, 0) is 25.5 Å². The van der Waals surface area contributed by atoms with E-state index in [1.807, 2.05) is 11.0 Å². The van der Waals surface area contributed by atoms with Gasteiger partial charge in [0.05, 0.1) is 19.8 Å². The van der Waals surface area contributed by atoms with Crippen LogP contribution in [0.1, 0.15) is 24.6 Å². The minimum atomic E-state index is -4.62. The largest absolute Gasteiger partial charge is 0.470 e. The summed E-state index contributed by atoms with van der Waals surface area (Å²) in [6.07, 6.45) is -1.06. The second-order valence-electron chi connectivity index (χ2n) is 7.06. The van der Waals surface area contributed by atoms with Gasteiger partial charge in [-0.3, -0.25) is 4.90 Å². The monoisotopic (exact) mass is 413 g/mol. The third-order valence-electron chi connectivity index (χ3n) is 4.86. The molecule has 0 spiro atoms. The smallest absolute Gasteiger partial charge is 0.416 e. The molecular formula is C17H22F3N7O2. The van der Waals surface area contributed by atoms with Gasteiger partial charge in [0, 0.05) is 31.9 Å². The molecule has 9 nitrogen and oxygen atoms in total. The molecular weight excluding hydrogens is 391 g/mol. The van der Waals surface area contributed by atoms with Crippen molar-refractivity contribution in [3.63, 3.8) is 0 Å². The van der Waals surface area contributed by atoms with Crippen LogP contribution in [0.2, 0.25) is 0 Å². The van der Waals surface area contributed by atoms with Crippen LogP contribution in [0.5, 0.6) is 0 Å². The number of morpholine rings is 1. The van der Waals surface area contributed by atoms with Crippen molar-refractivity contribution in [1.82, 2.24) is 25.1 Å². The Morgan fingerprint density at radius 3 is 2.76 bits per heavy atom. The van der Waals surface area contributed by atoms with Crippen LogP contribution in [-0.4, -0.2) is 70.5 Å². The molecule has 0 radical (unpaired) electrons. The molecule has 2 saturated heterocycles. The number of piperidine rings is 1. The van der Waals surface area contributed by atoms with Gasteiger partial charge in [-0.1, -0.05) is 0 Å². The Kier molecular flexibility index (Phi) is 5.81. The highest BCUT2D eigenvalue weighted by atomic mass is 19.4. The summed E-state index contributed by atoms with van der Waals surface area (Å²) in [6, 6.07) is 1.93. The second kappa shape index (κ2) is 8.49. The summed E-state index contributed by atoms with van der Waals surface area (Å²) < 4.78 is 47.9. The van der Waals surface area contributed by atoms with E-state index in [0.29, 0.717) is 25.7 Å². The predicted octanol–water partition coefficient (Wildman–Crippen LogP) is 1.79. The number of ether oxygens (including phenoxy) is 1. The normalized spacial score (nSPS) is 21.3. The van der Waals surface area contributed by atoms with Gasteiger partial charge in [-0.25, -0.2) is 4.98 Å². The van der Waals surface area contributed by atoms with E-state index in [1.165, 1.54) is 0 Å². The van der Waals surface area contributed by atoms with Crippen molar-refractivity contribution in [3.8, 4) is 0 Å². The molecule has 0 saturated carbocycles. The van der Waals surface area contributed by atoms with Gasteiger partial charge < -0.3 is 19.4 Å². The maximum absolute atomic E-state index is 12.6.